The summed E-state index contributed by atoms with van der Waals surface area (Å²) in [5.74, 6) is 0. The van der Waals surface area contributed by atoms with Gasteiger partial charge in [-0.05, 0) is 17.5 Å². The number of sulfonamides is 1. The Morgan fingerprint density at radius 2 is 2.11 bits per heavy atom. The Morgan fingerprint density at radius 3 is 2.67 bits per heavy atom. The molecule has 0 unspecified atom stereocenters. The van der Waals surface area contributed by atoms with Crippen molar-refractivity contribution in [1.29, 1.82) is 0 Å². The van der Waals surface area contributed by atoms with Gasteiger partial charge in [0.05, 0.1) is 4.90 Å². The fraction of sp³-hybridized carbons (Fsp3) is 0.273. The minimum atomic E-state index is -3.41. The van der Waals surface area contributed by atoms with Crippen LogP contribution in [0.3, 0.4) is 0 Å². The molecule has 0 bridgehead atoms. The van der Waals surface area contributed by atoms with Crippen LogP contribution in [0.4, 0.5) is 0 Å². The van der Waals surface area contributed by atoms with Crippen LogP contribution in [-0.4, -0.2) is 19.8 Å². The first-order chi connectivity index (χ1) is 8.54. The van der Waals surface area contributed by atoms with Crippen molar-refractivity contribution in [2.75, 3.05) is 7.05 Å². The lowest BCUT2D eigenvalue weighted by Crippen LogP contribution is -2.25. The zero-order valence-electron chi connectivity index (χ0n) is 9.87. The molecule has 0 saturated heterocycles. The van der Waals surface area contributed by atoms with Crippen LogP contribution in [0.25, 0.3) is 0 Å². The van der Waals surface area contributed by atoms with Crippen molar-refractivity contribution < 1.29 is 8.42 Å². The summed E-state index contributed by atoms with van der Waals surface area (Å²) in [4.78, 5) is 2.22. The van der Waals surface area contributed by atoms with Crippen molar-refractivity contribution in [3.05, 3.63) is 38.7 Å². The predicted molar refractivity (Wildman–Crippen MR) is 75.2 cm³/mol. The van der Waals surface area contributed by atoms with Crippen LogP contribution >= 0.6 is 22.7 Å². The molecule has 0 aliphatic heterocycles. The van der Waals surface area contributed by atoms with Crippen LogP contribution < -0.4 is 5.73 Å². The fourth-order valence-corrected chi connectivity index (χ4v) is 4.62. The molecule has 0 amide bonds. The molecule has 0 radical (unpaired) electrons. The Balaban J connectivity index is 2.19. The van der Waals surface area contributed by atoms with E-state index in [0.29, 0.717) is 18.0 Å². The summed E-state index contributed by atoms with van der Waals surface area (Å²) in [6, 6.07) is 5.48. The number of hydrogen-bond donors (Lipinski definition) is 1. The monoisotopic (exact) mass is 302 g/mol. The first-order valence-electron chi connectivity index (χ1n) is 5.30. The fourth-order valence-electron chi connectivity index (χ4n) is 1.49. The van der Waals surface area contributed by atoms with Gasteiger partial charge in [0.25, 0.3) is 0 Å². The third kappa shape index (κ3) is 2.81. The molecule has 7 heteroatoms. The SMILES string of the molecule is CN(Cc1cccs1)S(=O)(=O)c1csc(CN)c1. The molecule has 18 heavy (non-hydrogen) atoms. The highest BCUT2D eigenvalue weighted by Crippen LogP contribution is 2.23. The summed E-state index contributed by atoms with van der Waals surface area (Å²) in [5.41, 5.74) is 5.50. The number of thiophene rings is 2. The van der Waals surface area contributed by atoms with Gasteiger partial charge in [-0.15, -0.1) is 22.7 Å². The lowest BCUT2D eigenvalue weighted by Gasteiger charge is -2.15. The Morgan fingerprint density at radius 1 is 1.33 bits per heavy atom. The molecule has 0 aliphatic rings. The van der Waals surface area contributed by atoms with Crippen LogP contribution in [0.5, 0.6) is 0 Å². The molecule has 0 saturated carbocycles. The first-order valence-corrected chi connectivity index (χ1v) is 8.50. The van der Waals surface area contributed by atoms with Gasteiger partial charge in [-0.2, -0.15) is 4.31 Å². The topological polar surface area (TPSA) is 63.4 Å². The van der Waals surface area contributed by atoms with E-state index in [9.17, 15) is 8.42 Å². The normalized spacial score (nSPS) is 12.2. The molecular formula is C11H14N2O2S3. The number of hydrogen-bond acceptors (Lipinski definition) is 5. The van der Waals surface area contributed by atoms with E-state index in [-0.39, 0.29) is 0 Å². The molecule has 4 nitrogen and oxygen atoms in total. The molecule has 2 N–H and O–H groups in total. The largest absolute Gasteiger partial charge is 0.326 e. The van der Waals surface area contributed by atoms with Crippen molar-refractivity contribution >= 4 is 32.7 Å². The van der Waals surface area contributed by atoms with E-state index in [1.807, 2.05) is 17.5 Å². The van der Waals surface area contributed by atoms with Crippen LogP contribution in [-0.2, 0) is 23.1 Å². The quantitative estimate of drug-likeness (QED) is 0.920. The van der Waals surface area contributed by atoms with Gasteiger partial charge in [0.15, 0.2) is 0 Å². The van der Waals surface area contributed by atoms with Crippen LogP contribution in [0, 0.1) is 0 Å². The average molecular weight is 302 g/mol. The average Bonchev–Trinajstić information content (AvgIpc) is 2.99. The van der Waals surface area contributed by atoms with E-state index in [1.165, 1.54) is 15.6 Å². The zero-order valence-corrected chi connectivity index (χ0v) is 12.3. The Labute approximate surface area is 115 Å². The third-order valence-corrected chi connectivity index (χ3v) is 6.25. The van der Waals surface area contributed by atoms with E-state index in [1.54, 1.807) is 29.8 Å². The van der Waals surface area contributed by atoms with Gasteiger partial charge in [0.2, 0.25) is 10.0 Å². The number of rotatable bonds is 5. The maximum Gasteiger partial charge on any atom is 0.243 e. The van der Waals surface area contributed by atoms with Crippen molar-refractivity contribution in [2.45, 2.75) is 18.0 Å². The lowest BCUT2D eigenvalue weighted by atomic mass is 10.5. The van der Waals surface area contributed by atoms with Crippen molar-refractivity contribution in [3.63, 3.8) is 0 Å². The maximum absolute atomic E-state index is 12.3. The third-order valence-electron chi connectivity index (χ3n) is 2.50. The Hall–Kier alpha value is -0.730. The van der Waals surface area contributed by atoms with Gasteiger partial charge in [0, 0.05) is 35.3 Å². The first kappa shape index (κ1) is 13.7. The summed E-state index contributed by atoms with van der Waals surface area (Å²) in [7, 11) is -1.82. The highest BCUT2D eigenvalue weighted by Gasteiger charge is 2.22. The molecule has 0 fully saturated rings. The van der Waals surface area contributed by atoms with Crippen LogP contribution in [0.1, 0.15) is 9.75 Å². The summed E-state index contributed by atoms with van der Waals surface area (Å²) in [6.07, 6.45) is 0. The van der Waals surface area contributed by atoms with Gasteiger partial charge >= 0.3 is 0 Å². The number of nitrogens with zero attached hydrogens (tertiary/aromatic N) is 1. The summed E-state index contributed by atoms with van der Waals surface area (Å²) in [5, 5.41) is 3.58. The Bertz CT molecular complexity index is 602. The molecule has 2 heterocycles. The van der Waals surface area contributed by atoms with Gasteiger partial charge in [-0.3, -0.25) is 0 Å². The van der Waals surface area contributed by atoms with Crippen molar-refractivity contribution in [3.8, 4) is 0 Å². The standard InChI is InChI=1S/C11H14N2O2S3/c1-13(7-9-3-2-4-16-9)18(14,15)11-5-10(6-12)17-8-11/h2-5,8H,6-7,12H2,1H3. The maximum atomic E-state index is 12.3. The summed E-state index contributed by atoms with van der Waals surface area (Å²) < 4.78 is 25.9. The van der Waals surface area contributed by atoms with E-state index >= 15 is 0 Å². The van der Waals surface area contributed by atoms with E-state index in [2.05, 4.69) is 0 Å². The Kier molecular flexibility index (Phi) is 4.18. The molecule has 98 valence electrons. The van der Waals surface area contributed by atoms with Crippen LogP contribution in [0.15, 0.2) is 33.9 Å². The smallest absolute Gasteiger partial charge is 0.243 e. The molecular weight excluding hydrogens is 288 g/mol. The molecule has 0 spiro atoms. The second-order valence-corrected chi connectivity index (χ2v) is 7.87. The molecule has 0 aromatic carbocycles. The molecule has 2 rings (SSSR count). The molecule has 0 atom stereocenters. The van der Waals surface area contributed by atoms with Gasteiger partial charge in [-0.25, -0.2) is 8.42 Å². The molecule has 0 aliphatic carbocycles. The minimum Gasteiger partial charge on any atom is -0.326 e. The minimum absolute atomic E-state index is 0.326. The summed E-state index contributed by atoms with van der Waals surface area (Å²) in [6.45, 7) is 0.766. The summed E-state index contributed by atoms with van der Waals surface area (Å²) >= 11 is 2.92. The second kappa shape index (κ2) is 5.50. The van der Waals surface area contributed by atoms with Crippen LogP contribution in [0.2, 0.25) is 0 Å². The van der Waals surface area contributed by atoms with E-state index in [0.717, 1.165) is 9.75 Å². The molecule has 2 aromatic rings. The van der Waals surface area contributed by atoms with Gasteiger partial charge in [0.1, 0.15) is 0 Å². The second-order valence-electron chi connectivity index (χ2n) is 3.79. The zero-order chi connectivity index (χ0) is 13.2. The van der Waals surface area contributed by atoms with E-state index < -0.39 is 10.0 Å². The molecule has 2 aromatic heterocycles. The highest BCUT2D eigenvalue weighted by molar-refractivity contribution is 7.89. The van der Waals surface area contributed by atoms with Crippen molar-refractivity contribution in [1.82, 2.24) is 4.31 Å². The van der Waals surface area contributed by atoms with Crippen molar-refractivity contribution in [2.24, 2.45) is 5.73 Å². The van der Waals surface area contributed by atoms with Gasteiger partial charge < -0.3 is 5.73 Å². The van der Waals surface area contributed by atoms with Gasteiger partial charge in [-0.1, -0.05) is 6.07 Å². The lowest BCUT2D eigenvalue weighted by molar-refractivity contribution is 0.470. The predicted octanol–water partition coefficient (Wildman–Crippen LogP) is 2.09. The van der Waals surface area contributed by atoms with E-state index in [4.69, 9.17) is 5.73 Å². The highest BCUT2D eigenvalue weighted by atomic mass is 32.2. The number of nitrogens with two attached hydrogens (primary N) is 1.